The predicted molar refractivity (Wildman–Crippen MR) is 74.3 cm³/mol. The number of benzene rings is 1. The molecule has 0 aliphatic heterocycles. The van der Waals surface area contributed by atoms with E-state index in [1.807, 2.05) is 12.2 Å². The van der Waals surface area contributed by atoms with E-state index in [0.29, 0.717) is 4.47 Å². The second kappa shape index (κ2) is 5.22. The van der Waals surface area contributed by atoms with Crippen LogP contribution in [0.1, 0.15) is 12.8 Å². The van der Waals surface area contributed by atoms with Gasteiger partial charge in [0.15, 0.2) is 0 Å². The van der Waals surface area contributed by atoms with Gasteiger partial charge in [-0.25, -0.2) is 13.1 Å². The highest BCUT2D eigenvalue weighted by Gasteiger charge is 2.22. The van der Waals surface area contributed by atoms with Crippen LogP contribution in [0, 0.1) is 0 Å². The summed E-state index contributed by atoms with van der Waals surface area (Å²) >= 11 is 6.56. The number of hydrogen-bond donors (Lipinski definition) is 1. The van der Waals surface area contributed by atoms with Gasteiger partial charge in [0.05, 0.1) is 4.90 Å². The number of hydrogen-bond acceptors (Lipinski definition) is 2. The van der Waals surface area contributed by atoms with Gasteiger partial charge in [-0.1, -0.05) is 28.1 Å². The molecule has 0 atom stereocenters. The summed E-state index contributed by atoms with van der Waals surface area (Å²) in [4.78, 5) is 0.271. The van der Waals surface area contributed by atoms with Crippen LogP contribution in [0.5, 0.6) is 0 Å². The Morgan fingerprint density at radius 3 is 2.41 bits per heavy atom. The first-order valence-electron chi connectivity index (χ1n) is 5.11. The van der Waals surface area contributed by atoms with E-state index in [1.54, 1.807) is 18.2 Å². The summed E-state index contributed by atoms with van der Waals surface area (Å²) < 4.78 is 28.4. The summed E-state index contributed by atoms with van der Waals surface area (Å²) in [5, 5.41) is 0. The van der Waals surface area contributed by atoms with Crippen molar-refractivity contribution < 1.29 is 8.42 Å². The monoisotopic (exact) mass is 379 g/mol. The Morgan fingerprint density at radius 2 is 1.82 bits per heavy atom. The van der Waals surface area contributed by atoms with Gasteiger partial charge in [0.1, 0.15) is 0 Å². The summed E-state index contributed by atoms with van der Waals surface area (Å²) in [5.41, 5.74) is 0. The fourth-order valence-electron chi connectivity index (χ4n) is 1.69. The zero-order valence-corrected chi connectivity index (χ0v) is 12.8. The van der Waals surface area contributed by atoms with Crippen molar-refractivity contribution in [3.05, 3.63) is 39.3 Å². The summed E-state index contributed by atoms with van der Waals surface area (Å²) in [6.45, 7) is 0. The highest BCUT2D eigenvalue weighted by molar-refractivity contribution is 9.11. The molecule has 6 heteroatoms. The SMILES string of the molecule is O=S(=O)(NC1CC=CC1)c1ccc(Br)cc1Br. The lowest BCUT2D eigenvalue weighted by Crippen LogP contribution is -2.33. The number of nitrogens with one attached hydrogen (secondary N) is 1. The smallest absolute Gasteiger partial charge is 0.207 e. The Morgan fingerprint density at radius 1 is 1.18 bits per heavy atom. The minimum absolute atomic E-state index is 0.0180. The third kappa shape index (κ3) is 3.19. The zero-order chi connectivity index (χ0) is 12.5. The average Bonchev–Trinajstić information content (AvgIpc) is 2.68. The molecule has 0 fully saturated rings. The van der Waals surface area contributed by atoms with Gasteiger partial charge in [-0.2, -0.15) is 0 Å². The Labute approximate surface area is 118 Å². The summed E-state index contributed by atoms with van der Waals surface area (Å²) in [6.07, 6.45) is 5.49. The molecule has 0 unspecified atom stereocenters. The van der Waals surface area contributed by atoms with Crippen molar-refractivity contribution in [3.8, 4) is 0 Å². The molecule has 0 heterocycles. The molecule has 2 rings (SSSR count). The Hall–Kier alpha value is -0.170. The lowest BCUT2D eigenvalue weighted by atomic mass is 10.3. The van der Waals surface area contributed by atoms with Crippen LogP contribution in [0.15, 0.2) is 44.2 Å². The van der Waals surface area contributed by atoms with Crippen LogP contribution in [0.2, 0.25) is 0 Å². The Bertz CT molecular complexity index is 547. The minimum Gasteiger partial charge on any atom is -0.207 e. The molecule has 1 aromatic carbocycles. The molecule has 0 saturated carbocycles. The van der Waals surface area contributed by atoms with Crippen molar-refractivity contribution >= 4 is 41.9 Å². The summed E-state index contributed by atoms with van der Waals surface area (Å²) in [6, 6.07) is 5.00. The molecular weight excluding hydrogens is 370 g/mol. The van der Waals surface area contributed by atoms with E-state index in [1.165, 1.54) is 0 Å². The fraction of sp³-hybridized carbons (Fsp3) is 0.273. The molecule has 3 nitrogen and oxygen atoms in total. The lowest BCUT2D eigenvalue weighted by Gasteiger charge is -2.13. The van der Waals surface area contributed by atoms with Crippen molar-refractivity contribution in [2.45, 2.75) is 23.8 Å². The quantitative estimate of drug-likeness (QED) is 0.818. The van der Waals surface area contributed by atoms with Gasteiger partial charge >= 0.3 is 0 Å². The first-order valence-corrected chi connectivity index (χ1v) is 8.18. The second-order valence-electron chi connectivity index (χ2n) is 3.84. The molecule has 0 aromatic heterocycles. The molecule has 92 valence electrons. The molecule has 17 heavy (non-hydrogen) atoms. The Kier molecular flexibility index (Phi) is 4.07. The van der Waals surface area contributed by atoms with Crippen molar-refractivity contribution in [1.82, 2.24) is 4.72 Å². The van der Waals surface area contributed by atoms with Gasteiger partial charge in [-0.05, 0) is 47.0 Å². The second-order valence-corrected chi connectivity index (χ2v) is 7.29. The molecule has 1 aliphatic carbocycles. The highest BCUT2D eigenvalue weighted by Crippen LogP contribution is 2.26. The van der Waals surface area contributed by atoms with Crippen LogP contribution in [-0.4, -0.2) is 14.5 Å². The van der Waals surface area contributed by atoms with Gasteiger partial charge in [-0.3, -0.25) is 0 Å². The van der Waals surface area contributed by atoms with Crippen LogP contribution in [-0.2, 0) is 10.0 Å². The minimum atomic E-state index is -3.45. The largest absolute Gasteiger partial charge is 0.241 e. The highest BCUT2D eigenvalue weighted by atomic mass is 79.9. The van der Waals surface area contributed by atoms with Crippen LogP contribution in [0.25, 0.3) is 0 Å². The van der Waals surface area contributed by atoms with E-state index in [0.717, 1.165) is 17.3 Å². The Balaban J connectivity index is 2.25. The van der Waals surface area contributed by atoms with E-state index < -0.39 is 10.0 Å². The fourth-order valence-corrected chi connectivity index (χ4v) is 4.70. The average molecular weight is 381 g/mol. The molecule has 1 aliphatic rings. The maximum Gasteiger partial charge on any atom is 0.241 e. The topological polar surface area (TPSA) is 46.2 Å². The number of sulfonamides is 1. The molecule has 0 radical (unpaired) electrons. The van der Waals surface area contributed by atoms with Gasteiger partial charge in [0.25, 0.3) is 0 Å². The molecule has 1 aromatic rings. The van der Waals surface area contributed by atoms with Crippen LogP contribution < -0.4 is 4.72 Å². The first kappa shape index (κ1) is 13.3. The molecule has 0 bridgehead atoms. The molecule has 0 spiro atoms. The van der Waals surface area contributed by atoms with Crippen LogP contribution >= 0.6 is 31.9 Å². The van der Waals surface area contributed by atoms with Gasteiger partial charge < -0.3 is 0 Å². The normalized spacial score (nSPS) is 16.6. The van der Waals surface area contributed by atoms with Gasteiger partial charge in [-0.15, -0.1) is 0 Å². The maximum absolute atomic E-state index is 12.1. The predicted octanol–water partition coefficient (Wildman–Crippen LogP) is 3.21. The summed E-state index contributed by atoms with van der Waals surface area (Å²) in [5.74, 6) is 0. The molecule has 0 saturated heterocycles. The van der Waals surface area contributed by atoms with Crippen molar-refractivity contribution in [2.75, 3.05) is 0 Å². The van der Waals surface area contributed by atoms with E-state index in [4.69, 9.17) is 0 Å². The zero-order valence-electron chi connectivity index (χ0n) is 8.86. The van der Waals surface area contributed by atoms with E-state index in [9.17, 15) is 8.42 Å². The summed E-state index contributed by atoms with van der Waals surface area (Å²) in [7, 11) is -3.45. The van der Waals surface area contributed by atoms with E-state index in [2.05, 4.69) is 36.6 Å². The van der Waals surface area contributed by atoms with Gasteiger partial charge in [0.2, 0.25) is 10.0 Å². The first-order chi connectivity index (χ1) is 7.99. The maximum atomic E-state index is 12.1. The number of rotatable bonds is 3. The number of halogens is 2. The van der Waals surface area contributed by atoms with E-state index >= 15 is 0 Å². The van der Waals surface area contributed by atoms with Crippen molar-refractivity contribution in [3.63, 3.8) is 0 Å². The van der Waals surface area contributed by atoms with Crippen LogP contribution in [0.4, 0.5) is 0 Å². The van der Waals surface area contributed by atoms with Crippen molar-refractivity contribution in [2.24, 2.45) is 0 Å². The third-order valence-electron chi connectivity index (χ3n) is 2.51. The standard InChI is InChI=1S/C11H11Br2NO2S/c12-8-5-6-11(10(13)7-8)17(15,16)14-9-3-1-2-4-9/h1-2,5-7,9,14H,3-4H2. The lowest BCUT2D eigenvalue weighted by molar-refractivity contribution is 0.557. The van der Waals surface area contributed by atoms with E-state index in [-0.39, 0.29) is 10.9 Å². The third-order valence-corrected chi connectivity index (χ3v) is 5.50. The molecule has 0 amide bonds. The molecule has 1 N–H and O–H groups in total. The molecular formula is C11H11Br2NO2S. The van der Waals surface area contributed by atoms with Crippen LogP contribution in [0.3, 0.4) is 0 Å². The van der Waals surface area contributed by atoms with Gasteiger partial charge in [0, 0.05) is 15.0 Å². The van der Waals surface area contributed by atoms with Crippen molar-refractivity contribution in [1.29, 1.82) is 0 Å².